The van der Waals surface area contributed by atoms with Gasteiger partial charge in [-0.25, -0.2) is 0 Å². The largest absolute Gasteiger partial charge is 0.325 e. The predicted molar refractivity (Wildman–Crippen MR) is 49.4 cm³/mol. The Bertz CT molecular complexity index is 284. The average molecular weight is 163 g/mol. The third-order valence-electron chi connectivity index (χ3n) is 1.73. The summed E-state index contributed by atoms with van der Waals surface area (Å²) in [7, 11) is 0. The number of allylic oxidation sites excluding steroid dienone is 3. The number of carbonyl (C=O) groups excluding carboxylic acids is 1. The van der Waals surface area contributed by atoms with Crippen LogP contribution < -0.4 is 5.32 Å². The van der Waals surface area contributed by atoms with Gasteiger partial charge in [0.25, 0.3) is 0 Å². The minimum absolute atomic E-state index is 0.0566. The van der Waals surface area contributed by atoms with Crippen LogP contribution in [0.25, 0.3) is 0 Å². The SMILES string of the molecule is C=C(C)C1=C(/C=C\C)CC(=O)N1. The van der Waals surface area contributed by atoms with Crippen LogP contribution in [-0.2, 0) is 4.79 Å². The summed E-state index contributed by atoms with van der Waals surface area (Å²) >= 11 is 0. The van der Waals surface area contributed by atoms with Crippen molar-refractivity contribution in [1.82, 2.24) is 5.32 Å². The van der Waals surface area contributed by atoms with Gasteiger partial charge in [-0.15, -0.1) is 0 Å². The minimum atomic E-state index is 0.0566. The molecule has 1 heterocycles. The highest BCUT2D eigenvalue weighted by molar-refractivity contribution is 5.86. The van der Waals surface area contributed by atoms with Crippen molar-refractivity contribution in [2.75, 3.05) is 0 Å². The lowest BCUT2D eigenvalue weighted by molar-refractivity contribution is -0.118. The van der Waals surface area contributed by atoms with Crippen LogP contribution in [0.3, 0.4) is 0 Å². The average Bonchev–Trinajstić information content (AvgIpc) is 2.32. The minimum Gasteiger partial charge on any atom is -0.325 e. The summed E-state index contributed by atoms with van der Waals surface area (Å²) < 4.78 is 0. The first kappa shape index (κ1) is 8.78. The van der Waals surface area contributed by atoms with Gasteiger partial charge in [0.1, 0.15) is 0 Å². The van der Waals surface area contributed by atoms with Crippen molar-refractivity contribution in [3.8, 4) is 0 Å². The van der Waals surface area contributed by atoms with E-state index in [0.717, 1.165) is 16.8 Å². The molecule has 1 aliphatic rings. The van der Waals surface area contributed by atoms with E-state index < -0.39 is 0 Å². The van der Waals surface area contributed by atoms with Gasteiger partial charge in [-0.3, -0.25) is 4.79 Å². The predicted octanol–water partition coefficient (Wildman–Crippen LogP) is 1.91. The highest BCUT2D eigenvalue weighted by Crippen LogP contribution is 2.20. The molecule has 0 aromatic heterocycles. The molecular weight excluding hydrogens is 150 g/mol. The third kappa shape index (κ3) is 1.64. The normalized spacial score (nSPS) is 17.3. The molecule has 0 bridgehead atoms. The molecule has 1 rings (SSSR count). The summed E-state index contributed by atoms with van der Waals surface area (Å²) in [4.78, 5) is 11.0. The number of amides is 1. The number of nitrogens with one attached hydrogen (secondary N) is 1. The van der Waals surface area contributed by atoms with Gasteiger partial charge in [-0.05, 0) is 25.0 Å². The van der Waals surface area contributed by atoms with Crippen LogP contribution in [0, 0.1) is 0 Å². The van der Waals surface area contributed by atoms with E-state index in [1.54, 1.807) is 0 Å². The van der Waals surface area contributed by atoms with Crippen molar-refractivity contribution >= 4 is 5.91 Å². The topological polar surface area (TPSA) is 29.1 Å². The maximum Gasteiger partial charge on any atom is 0.228 e. The number of hydrogen-bond donors (Lipinski definition) is 1. The molecule has 0 fully saturated rings. The molecule has 12 heavy (non-hydrogen) atoms. The van der Waals surface area contributed by atoms with E-state index in [-0.39, 0.29) is 5.91 Å². The fourth-order valence-corrected chi connectivity index (χ4v) is 1.25. The van der Waals surface area contributed by atoms with E-state index in [0.29, 0.717) is 6.42 Å². The van der Waals surface area contributed by atoms with E-state index in [4.69, 9.17) is 0 Å². The molecule has 1 aliphatic heterocycles. The molecule has 0 saturated heterocycles. The van der Waals surface area contributed by atoms with Gasteiger partial charge in [0.05, 0.1) is 6.42 Å². The van der Waals surface area contributed by atoms with E-state index in [1.807, 2.05) is 26.0 Å². The molecule has 0 saturated carbocycles. The first-order chi connectivity index (χ1) is 5.65. The lowest BCUT2D eigenvalue weighted by Gasteiger charge is -2.01. The molecule has 0 spiro atoms. The Labute approximate surface area is 72.7 Å². The van der Waals surface area contributed by atoms with E-state index in [2.05, 4.69) is 11.9 Å². The highest BCUT2D eigenvalue weighted by Gasteiger charge is 2.18. The summed E-state index contributed by atoms with van der Waals surface area (Å²) in [5, 5.41) is 2.78. The van der Waals surface area contributed by atoms with Gasteiger partial charge < -0.3 is 5.32 Å². The molecule has 2 heteroatoms. The molecule has 0 aromatic rings. The van der Waals surface area contributed by atoms with E-state index in [1.165, 1.54) is 0 Å². The van der Waals surface area contributed by atoms with Crippen LogP contribution in [0.1, 0.15) is 20.3 Å². The van der Waals surface area contributed by atoms with Crippen molar-refractivity contribution in [1.29, 1.82) is 0 Å². The Morgan fingerprint density at radius 2 is 2.33 bits per heavy atom. The van der Waals surface area contributed by atoms with Crippen LogP contribution in [0.2, 0.25) is 0 Å². The summed E-state index contributed by atoms with van der Waals surface area (Å²) in [5.74, 6) is 0.0566. The molecule has 1 amide bonds. The summed E-state index contributed by atoms with van der Waals surface area (Å²) in [6, 6.07) is 0. The van der Waals surface area contributed by atoms with E-state index in [9.17, 15) is 4.79 Å². The van der Waals surface area contributed by atoms with Crippen LogP contribution >= 0.6 is 0 Å². The number of hydrogen-bond acceptors (Lipinski definition) is 1. The molecule has 0 atom stereocenters. The van der Waals surface area contributed by atoms with Gasteiger partial charge in [0, 0.05) is 5.70 Å². The molecule has 64 valence electrons. The monoisotopic (exact) mass is 163 g/mol. The highest BCUT2D eigenvalue weighted by atomic mass is 16.1. The van der Waals surface area contributed by atoms with Crippen molar-refractivity contribution in [3.63, 3.8) is 0 Å². The standard InChI is InChI=1S/C10H13NO/c1-4-5-8-6-9(12)11-10(8)7(2)3/h4-5H,2,6H2,1,3H3,(H,11,12)/b5-4-. The molecule has 2 nitrogen and oxygen atoms in total. The fraction of sp³-hybridized carbons (Fsp3) is 0.300. The lowest BCUT2D eigenvalue weighted by atomic mass is 10.1. The van der Waals surface area contributed by atoms with Crippen molar-refractivity contribution in [3.05, 3.63) is 35.6 Å². The third-order valence-corrected chi connectivity index (χ3v) is 1.73. The smallest absolute Gasteiger partial charge is 0.228 e. The van der Waals surface area contributed by atoms with Gasteiger partial charge in [0.15, 0.2) is 0 Å². The van der Waals surface area contributed by atoms with Crippen molar-refractivity contribution in [2.45, 2.75) is 20.3 Å². The zero-order valence-electron chi connectivity index (χ0n) is 7.48. The summed E-state index contributed by atoms with van der Waals surface area (Å²) in [6.45, 7) is 7.63. The van der Waals surface area contributed by atoms with Crippen molar-refractivity contribution < 1.29 is 4.79 Å². The Morgan fingerprint density at radius 3 is 2.83 bits per heavy atom. The maximum absolute atomic E-state index is 11.0. The lowest BCUT2D eigenvalue weighted by Crippen LogP contribution is -2.15. The zero-order chi connectivity index (χ0) is 9.14. The maximum atomic E-state index is 11.0. The van der Waals surface area contributed by atoms with E-state index >= 15 is 0 Å². The molecule has 0 radical (unpaired) electrons. The van der Waals surface area contributed by atoms with Crippen LogP contribution in [-0.4, -0.2) is 5.91 Å². The second-order valence-electron chi connectivity index (χ2n) is 2.91. The Kier molecular flexibility index (Phi) is 2.48. The summed E-state index contributed by atoms with van der Waals surface area (Å²) in [6.07, 6.45) is 4.35. The van der Waals surface area contributed by atoms with Gasteiger partial charge >= 0.3 is 0 Å². The molecular formula is C10H13NO. The van der Waals surface area contributed by atoms with Gasteiger partial charge in [-0.1, -0.05) is 18.7 Å². The van der Waals surface area contributed by atoms with Crippen LogP contribution in [0.15, 0.2) is 35.6 Å². The molecule has 0 aromatic carbocycles. The first-order valence-electron chi connectivity index (χ1n) is 3.96. The number of carbonyl (C=O) groups is 1. The summed E-state index contributed by atoms with van der Waals surface area (Å²) in [5.41, 5.74) is 2.84. The second kappa shape index (κ2) is 3.39. The second-order valence-corrected chi connectivity index (χ2v) is 2.91. The van der Waals surface area contributed by atoms with Crippen LogP contribution in [0.5, 0.6) is 0 Å². The number of rotatable bonds is 2. The molecule has 0 unspecified atom stereocenters. The fourth-order valence-electron chi connectivity index (χ4n) is 1.25. The first-order valence-corrected chi connectivity index (χ1v) is 3.96. The Balaban J connectivity index is 2.96. The Morgan fingerprint density at radius 1 is 1.67 bits per heavy atom. The quantitative estimate of drug-likeness (QED) is 0.662. The van der Waals surface area contributed by atoms with Gasteiger partial charge in [0.2, 0.25) is 5.91 Å². The Hall–Kier alpha value is -1.31. The van der Waals surface area contributed by atoms with Gasteiger partial charge in [-0.2, -0.15) is 0 Å². The molecule has 0 aliphatic carbocycles. The van der Waals surface area contributed by atoms with Crippen LogP contribution in [0.4, 0.5) is 0 Å². The molecule has 1 N–H and O–H groups in total. The van der Waals surface area contributed by atoms with Crippen molar-refractivity contribution in [2.24, 2.45) is 0 Å². The zero-order valence-corrected chi connectivity index (χ0v) is 7.48.